The Hall–Kier alpha value is -4.03. The zero-order chi connectivity index (χ0) is 25.4. The maximum atomic E-state index is 14.4. The highest BCUT2D eigenvalue weighted by molar-refractivity contribution is 5.83. The van der Waals surface area contributed by atoms with Gasteiger partial charge in [-0.2, -0.15) is 0 Å². The fourth-order valence-corrected chi connectivity index (χ4v) is 4.99. The van der Waals surface area contributed by atoms with Gasteiger partial charge in [-0.1, -0.05) is 12.1 Å². The van der Waals surface area contributed by atoms with Crippen LogP contribution >= 0.6 is 0 Å². The van der Waals surface area contributed by atoms with Gasteiger partial charge in [-0.05, 0) is 34.7 Å². The third-order valence-corrected chi connectivity index (χ3v) is 6.84. The average molecular weight is 508 g/mol. The van der Waals surface area contributed by atoms with Crippen molar-refractivity contribution in [1.29, 1.82) is 0 Å². The molecule has 12 heteroatoms. The molecule has 1 saturated heterocycles. The van der Waals surface area contributed by atoms with Crippen LogP contribution in [0.2, 0.25) is 0 Å². The van der Waals surface area contributed by atoms with Crippen molar-refractivity contribution in [2.24, 2.45) is 0 Å². The highest BCUT2D eigenvalue weighted by Gasteiger charge is 2.33. The van der Waals surface area contributed by atoms with E-state index in [-0.39, 0.29) is 18.2 Å². The highest BCUT2D eigenvalue weighted by atomic mass is 19.1. The molecule has 37 heavy (non-hydrogen) atoms. The van der Waals surface area contributed by atoms with Gasteiger partial charge in [0.25, 0.3) is 5.56 Å². The Labute approximate surface area is 211 Å². The van der Waals surface area contributed by atoms with Crippen LogP contribution in [0.15, 0.2) is 47.3 Å². The lowest BCUT2D eigenvalue weighted by molar-refractivity contribution is 0.171. The second-order valence-electron chi connectivity index (χ2n) is 8.98. The van der Waals surface area contributed by atoms with Crippen LogP contribution in [-0.2, 0) is 11.3 Å². The summed E-state index contributed by atoms with van der Waals surface area (Å²) in [6.07, 6.45) is 0. The van der Waals surface area contributed by atoms with Crippen LogP contribution in [0.1, 0.15) is 17.4 Å². The molecule has 0 unspecified atom stereocenters. The summed E-state index contributed by atoms with van der Waals surface area (Å²) in [5, 5.41) is 13.2. The molecular formula is C25H26FN7O4. The van der Waals surface area contributed by atoms with Gasteiger partial charge in [0.15, 0.2) is 17.3 Å². The molecular weight excluding hydrogens is 481 g/mol. The quantitative estimate of drug-likeness (QED) is 0.401. The van der Waals surface area contributed by atoms with E-state index in [0.717, 1.165) is 5.39 Å². The van der Waals surface area contributed by atoms with Crippen molar-refractivity contribution >= 4 is 16.6 Å². The van der Waals surface area contributed by atoms with E-state index in [1.165, 1.54) is 6.07 Å². The largest absolute Gasteiger partial charge is 0.454 e. The van der Waals surface area contributed by atoms with Gasteiger partial charge in [0.2, 0.25) is 6.79 Å². The van der Waals surface area contributed by atoms with E-state index in [1.807, 2.05) is 23.1 Å². The van der Waals surface area contributed by atoms with Crippen molar-refractivity contribution in [2.45, 2.75) is 12.6 Å². The number of aromatic amines is 1. The number of benzene rings is 2. The summed E-state index contributed by atoms with van der Waals surface area (Å²) < 4.78 is 32.3. The van der Waals surface area contributed by atoms with Crippen LogP contribution in [0.25, 0.3) is 10.9 Å². The number of rotatable bonds is 7. The predicted molar refractivity (Wildman–Crippen MR) is 132 cm³/mol. The number of tetrazole rings is 1. The standard InChI is InChI=1S/C25H26FN7O4/c1-35-11-10-33-24(28-29-30-33)23(32-8-6-31(7-9-32)20-5-3-2-4-18(20)26)17-12-16-13-21-22(37-15-36-21)14-19(16)27-25(17)34/h2-5,12-14,23H,6-11,15H2,1H3,(H,27,34)/t23-/m1/s1. The van der Waals surface area contributed by atoms with Gasteiger partial charge >= 0.3 is 0 Å². The summed E-state index contributed by atoms with van der Waals surface area (Å²) in [6.45, 7) is 3.33. The molecule has 2 aliphatic heterocycles. The molecule has 1 fully saturated rings. The Balaban J connectivity index is 1.38. The van der Waals surface area contributed by atoms with Gasteiger partial charge in [-0.25, -0.2) is 9.07 Å². The monoisotopic (exact) mass is 507 g/mol. The number of anilines is 1. The highest BCUT2D eigenvalue weighted by Crippen LogP contribution is 2.36. The van der Waals surface area contributed by atoms with E-state index in [2.05, 4.69) is 25.4 Å². The van der Waals surface area contributed by atoms with Crippen molar-refractivity contribution in [3.8, 4) is 11.5 Å². The normalized spacial score (nSPS) is 16.4. The number of nitrogens with zero attached hydrogens (tertiary/aromatic N) is 6. The number of hydrogen-bond acceptors (Lipinski definition) is 9. The summed E-state index contributed by atoms with van der Waals surface area (Å²) in [4.78, 5) is 20.6. The number of H-pyrrole nitrogens is 1. The van der Waals surface area contributed by atoms with Gasteiger partial charge in [0.1, 0.15) is 11.9 Å². The predicted octanol–water partition coefficient (Wildman–Crippen LogP) is 1.94. The number of para-hydroxylation sites is 1. The Morgan fingerprint density at radius 1 is 1.11 bits per heavy atom. The van der Waals surface area contributed by atoms with Crippen molar-refractivity contribution < 1.29 is 18.6 Å². The summed E-state index contributed by atoms with van der Waals surface area (Å²) >= 11 is 0. The first-order valence-electron chi connectivity index (χ1n) is 12.1. The zero-order valence-corrected chi connectivity index (χ0v) is 20.3. The number of methoxy groups -OCH3 is 1. The summed E-state index contributed by atoms with van der Waals surface area (Å²) in [5.74, 6) is 1.52. The van der Waals surface area contributed by atoms with Crippen LogP contribution in [0.5, 0.6) is 11.5 Å². The molecule has 0 bridgehead atoms. The fourth-order valence-electron chi connectivity index (χ4n) is 4.99. The second kappa shape index (κ2) is 9.79. The van der Waals surface area contributed by atoms with E-state index in [4.69, 9.17) is 14.2 Å². The number of piperazine rings is 1. The topological polar surface area (TPSA) is 111 Å². The van der Waals surface area contributed by atoms with Crippen molar-refractivity contribution in [3.63, 3.8) is 0 Å². The lowest BCUT2D eigenvalue weighted by atomic mass is 10.0. The molecule has 2 aromatic heterocycles. The average Bonchev–Trinajstić information content (AvgIpc) is 3.57. The van der Waals surface area contributed by atoms with Crippen LogP contribution in [0.4, 0.5) is 10.1 Å². The molecule has 4 heterocycles. The molecule has 11 nitrogen and oxygen atoms in total. The molecule has 1 N–H and O–H groups in total. The number of ether oxygens (including phenoxy) is 3. The van der Waals surface area contributed by atoms with Gasteiger partial charge in [-0.3, -0.25) is 9.69 Å². The van der Waals surface area contributed by atoms with Gasteiger partial charge in [-0.15, -0.1) is 5.10 Å². The third kappa shape index (κ3) is 4.38. The van der Waals surface area contributed by atoms with Gasteiger partial charge in [0.05, 0.1) is 24.4 Å². The number of halogens is 1. The molecule has 0 spiro atoms. The second-order valence-corrected chi connectivity index (χ2v) is 8.98. The number of hydrogen-bond donors (Lipinski definition) is 1. The van der Waals surface area contributed by atoms with E-state index >= 15 is 0 Å². The van der Waals surface area contributed by atoms with E-state index in [1.54, 1.807) is 30.0 Å². The van der Waals surface area contributed by atoms with Crippen molar-refractivity contribution in [1.82, 2.24) is 30.1 Å². The van der Waals surface area contributed by atoms with Gasteiger partial charge in [0, 0.05) is 50.3 Å². The van der Waals surface area contributed by atoms with E-state index in [9.17, 15) is 9.18 Å². The van der Waals surface area contributed by atoms with Crippen molar-refractivity contribution in [2.75, 3.05) is 51.6 Å². The first-order chi connectivity index (χ1) is 18.1. The number of aromatic nitrogens is 5. The van der Waals surface area contributed by atoms with Crippen LogP contribution in [0, 0.1) is 5.82 Å². The molecule has 2 aromatic carbocycles. The zero-order valence-electron chi connectivity index (χ0n) is 20.3. The molecule has 192 valence electrons. The molecule has 6 rings (SSSR count). The molecule has 1 atom stereocenters. The SMILES string of the molecule is COCCn1nnnc1[C@@H](c1cc2cc3c(cc2[nH]c1=O)OCO3)N1CCN(c2ccccc2F)CC1. The Morgan fingerprint density at radius 2 is 1.89 bits per heavy atom. The van der Waals surface area contributed by atoms with E-state index in [0.29, 0.717) is 73.4 Å². The minimum atomic E-state index is -0.520. The number of pyridine rings is 1. The summed E-state index contributed by atoms with van der Waals surface area (Å²) in [5.41, 5.74) is 1.50. The Bertz CT molecular complexity index is 1480. The first-order valence-corrected chi connectivity index (χ1v) is 12.1. The van der Waals surface area contributed by atoms with Crippen LogP contribution in [0.3, 0.4) is 0 Å². The van der Waals surface area contributed by atoms with Crippen molar-refractivity contribution in [3.05, 3.63) is 70.0 Å². The molecule has 4 aromatic rings. The maximum absolute atomic E-state index is 14.4. The lowest BCUT2D eigenvalue weighted by Crippen LogP contribution is -2.49. The molecule has 0 radical (unpaired) electrons. The Morgan fingerprint density at radius 3 is 2.68 bits per heavy atom. The lowest BCUT2D eigenvalue weighted by Gasteiger charge is -2.39. The van der Waals surface area contributed by atoms with Crippen LogP contribution in [-0.4, -0.2) is 76.8 Å². The molecule has 0 aliphatic carbocycles. The third-order valence-electron chi connectivity index (χ3n) is 6.84. The fraction of sp³-hybridized carbons (Fsp3) is 0.360. The minimum Gasteiger partial charge on any atom is -0.454 e. The minimum absolute atomic E-state index is 0.145. The number of fused-ring (bicyclic) bond motifs is 2. The summed E-state index contributed by atoms with van der Waals surface area (Å²) in [7, 11) is 1.61. The maximum Gasteiger partial charge on any atom is 0.253 e. The Kier molecular flexibility index (Phi) is 6.18. The van der Waals surface area contributed by atoms with Crippen LogP contribution < -0.4 is 19.9 Å². The van der Waals surface area contributed by atoms with E-state index < -0.39 is 6.04 Å². The smallest absolute Gasteiger partial charge is 0.253 e. The number of nitrogens with one attached hydrogen (secondary N) is 1. The summed E-state index contributed by atoms with van der Waals surface area (Å²) in [6, 6.07) is 11.7. The molecule has 0 saturated carbocycles. The first kappa shape index (κ1) is 23.4. The molecule has 0 amide bonds. The molecule has 2 aliphatic rings. The van der Waals surface area contributed by atoms with Gasteiger partial charge < -0.3 is 24.1 Å².